The summed E-state index contributed by atoms with van der Waals surface area (Å²) < 4.78 is 0. The molecule has 1 aliphatic rings. The van der Waals surface area contributed by atoms with Crippen LogP contribution in [0, 0.1) is 0 Å². The van der Waals surface area contributed by atoms with Crippen LogP contribution < -0.4 is 5.32 Å². The zero-order valence-corrected chi connectivity index (χ0v) is 9.09. The van der Waals surface area contributed by atoms with E-state index >= 15 is 0 Å². The van der Waals surface area contributed by atoms with Gasteiger partial charge in [-0.15, -0.1) is 0 Å². The maximum atomic E-state index is 11.0. The highest BCUT2D eigenvalue weighted by atomic mass is 16.4. The number of hydrogen-bond acceptors (Lipinski definition) is 3. The average molecular weight is 235 g/mol. The number of hydrogen-bond donors (Lipinski definition) is 3. The summed E-state index contributed by atoms with van der Waals surface area (Å²) in [6.07, 6.45) is 0.708. The smallest absolute Gasteiger partial charge is 0.335 e. The summed E-state index contributed by atoms with van der Waals surface area (Å²) in [5.74, 6) is -2.05. The Kier molecular flexibility index (Phi) is 3.10. The third-order valence-corrected chi connectivity index (χ3v) is 3.05. The molecule has 0 radical (unpaired) electrons. The molecular weight excluding hydrogens is 222 g/mol. The predicted molar refractivity (Wildman–Crippen MR) is 60.2 cm³/mol. The van der Waals surface area contributed by atoms with Gasteiger partial charge in [-0.2, -0.15) is 0 Å². The highest BCUT2D eigenvalue weighted by Crippen LogP contribution is 2.28. The first-order valence-corrected chi connectivity index (χ1v) is 5.39. The van der Waals surface area contributed by atoms with Gasteiger partial charge in [0.15, 0.2) is 0 Å². The van der Waals surface area contributed by atoms with E-state index in [2.05, 4.69) is 5.32 Å². The van der Waals surface area contributed by atoms with Gasteiger partial charge in [0.25, 0.3) is 0 Å². The average Bonchev–Trinajstić information content (AvgIpc) is 2.78. The summed E-state index contributed by atoms with van der Waals surface area (Å²) >= 11 is 0. The molecule has 0 unspecified atom stereocenters. The largest absolute Gasteiger partial charge is 0.480 e. The number of carbonyl (C=O) groups is 2. The molecule has 5 nitrogen and oxygen atoms in total. The van der Waals surface area contributed by atoms with E-state index in [1.54, 1.807) is 18.2 Å². The van der Waals surface area contributed by atoms with Crippen molar-refractivity contribution in [3.63, 3.8) is 0 Å². The number of carboxylic acids is 2. The van der Waals surface area contributed by atoms with E-state index in [-0.39, 0.29) is 11.5 Å². The minimum absolute atomic E-state index is 0.160. The van der Waals surface area contributed by atoms with Crippen LogP contribution in [0.25, 0.3) is 0 Å². The van der Waals surface area contributed by atoms with Crippen LogP contribution in [0.4, 0.5) is 0 Å². The SMILES string of the molecule is O=C(O)c1cccc([C@@H]2CCN[C@H]2C(=O)O)c1. The Morgan fingerprint density at radius 2 is 2.06 bits per heavy atom. The molecule has 1 saturated heterocycles. The van der Waals surface area contributed by atoms with Gasteiger partial charge in [-0.3, -0.25) is 4.79 Å². The lowest BCUT2D eigenvalue weighted by Gasteiger charge is -2.16. The van der Waals surface area contributed by atoms with E-state index in [9.17, 15) is 9.59 Å². The van der Waals surface area contributed by atoms with Crippen molar-refractivity contribution in [3.8, 4) is 0 Å². The van der Waals surface area contributed by atoms with E-state index in [4.69, 9.17) is 10.2 Å². The fraction of sp³-hybridized carbons (Fsp3) is 0.333. The Balaban J connectivity index is 2.30. The minimum Gasteiger partial charge on any atom is -0.480 e. The van der Waals surface area contributed by atoms with Crippen LogP contribution in [0.1, 0.15) is 28.3 Å². The number of carboxylic acid groups (broad SMARTS) is 2. The Labute approximate surface area is 98.1 Å². The van der Waals surface area contributed by atoms with Gasteiger partial charge in [0.1, 0.15) is 6.04 Å². The molecule has 1 aromatic rings. The summed E-state index contributed by atoms with van der Waals surface area (Å²) in [6.45, 7) is 0.638. The molecule has 0 aromatic heterocycles. The molecule has 2 rings (SSSR count). The normalized spacial score (nSPS) is 23.5. The van der Waals surface area contributed by atoms with E-state index < -0.39 is 18.0 Å². The first-order chi connectivity index (χ1) is 8.09. The molecule has 1 fully saturated rings. The molecule has 17 heavy (non-hydrogen) atoms. The van der Waals surface area contributed by atoms with Crippen molar-refractivity contribution < 1.29 is 19.8 Å². The van der Waals surface area contributed by atoms with Crippen molar-refractivity contribution in [2.24, 2.45) is 0 Å². The van der Waals surface area contributed by atoms with Crippen LogP contribution in [0.15, 0.2) is 24.3 Å². The number of benzene rings is 1. The van der Waals surface area contributed by atoms with Gasteiger partial charge in [-0.05, 0) is 30.7 Å². The second-order valence-corrected chi connectivity index (χ2v) is 4.10. The Bertz CT molecular complexity index is 458. The lowest BCUT2D eigenvalue weighted by atomic mass is 9.91. The molecule has 2 atom stereocenters. The maximum Gasteiger partial charge on any atom is 0.335 e. The number of nitrogens with one attached hydrogen (secondary N) is 1. The molecule has 0 aliphatic carbocycles. The highest BCUT2D eigenvalue weighted by Gasteiger charge is 2.33. The first-order valence-electron chi connectivity index (χ1n) is 5.39. The molecule has 1 heterocycles. The van der Waals surface area contributed by atoms with Gasteiger partial charge in [0.05, 0.1) is 5.56 Å². The predicted octanol–water partition coefficient (Wildman–Crippen LogP) is 0.915. The quantitative estimate of drug-likeness (QED) is 0.725. The fourth-order valence-corrected chi connectivity index (χ4v) is 2.22. The number of aliphatic carboxylic acids is 1. The lowest BCUT2D eigenvalue weighted by molar-refractivity contribution is -0.139. The Morgan fingerprint density at radius 1 is 1.29 bits per heavy atom. The van der Waals surface area contributed by atoms with Crippen LogP contribution in [0.5, 0.6) is 0 Å². The van der Waals surface area contributed by atoms with E-state index in [1.165, 1.54) is 6.07 Å². The van der Waals surface area contributed by atoms with Crippen molar-refractivity contribution in [3.05, 3.63) is 35.4 Å². The van der Waals surface area contributed by atoms with Gasteiger partial charge in [0.2, 0.25) is 0 Å². The molecule has 3 N–H and O–H groups in total. The van der Waals surface area contributed by atoms with Crippen molar-refractivity contribution in [1.82, 2.24) is 5.32 Å². The summed E-state index contributed by atoms with van der Waals surface area (Å²) in [4.78, 5) is 21.9. The zero-order valence-electron chi connectivity index (χ0n) is 9.09. The van der Waals surface area contributed by atoms with Crippen LogP contribution in [-0.2, 0) is 4.79 Å². The summed E-state index contributed by atoms with van der Waals surface area (Å²) in [7, 11) is 0. The van der Waals surface area contributed by atoms with Gasteiger partial charge < -0.3 is 15.5 Å². The molecule has 1 aliphatic heterocycles. The fourth-order valence-electron chi connectivity index (χ4n) is 2.22. The third kappa shape index (κ3) is 2.29. The van der Waals surface area contributed by atoms with Crippen LogP contribution in [-0.4, -0.2) is 34.7 Å². The summed E-state index contributed by atoms with van der Waals surface area (Å²) in [5, 5.41) is 20.8. The van der Waals surface area contributed by atoms with Gasteiger partial charge in [-0.1, -0.05) is 12.1 Å². The molecular formula is C12H13NO4. The van der Waals surface area contributed by atoms with Crippen molar-refractivity contribution in [2.75, 3.05) is 6.54 Å². The summed E-state index contributed by atoms with van der Waals surface area (Å²) in [6, 6.07) is 5.86. The molecule has 0 saturated carbocycles. The van der Waals surface area contributed by atoms with Crippen molar-refractivity contribution >= 4 is 11.9 Å². The standard InChI is InChI=1S/C12H13NO4/c14-11(15)8-3-1-2-7(6-8)9-4-5-13-10(9)12(16)17/h1-3,6,9-10,13H,4-5H2,(H,14,15)(H,16,17)/t9-,10+/m0/s1. The number of rotatable bonds is 3. The second-order valence-electron chi connectivity index (χ2n) is 4.10. The lowest BCUT2D eigenvalue weighted by Crippen LogP contribution is -2.34. The topological polar surface area (TPSA) is 86.6 Å². The van der Waals surface area contributed by atoms with E-state index in [0.29, 0.717) is 13.0 Å². The monoisotopic (exact) mass is 235 g/mol. The molecule has 90 valence electrons. The maximum absolute atomic E-state index is 11.0. The van der Waals surface area contributed by atoms with E-state index in [0.717, 1.165) is 5.56 Å². The minimum atomic E-state index is -0.996. The second kappa shape index (κ2) is 4.55. The Morgan fingerprint density at radius 3 is 2.71 bits per heavy atom. The van der Waals surface area contributed by atoms with Gasteiger partial charge in [0, 0.05) is 5.92 Å². The molecule has 0 bridgehead atoms. The van der Waals surface area contributed by atoms with Gasteiger partial charge >= 0.3 is 11.9 Å². The van der Waals surface area contributed by atoms with E-state index in [1.807, 2.05) is 0 Å². The molecule has 0 spiro atoms. The highest BCUT2D eigenvalue weighted by molar-refractivity contribution is 5.87. The van der Waals surface area contributed by atoms with Gasteiger partial charge in [-0.25, -0.2) is 4.79 Å². The van der Waals surface area contributed by atoms with Crippen LogP contribution >= 0.6 is 0 Å². The third-order valence-electron chi connectivity index (χ3n) is 3.05. The number of aromatic carboxylic acids is 1. The molecule has 5 heteroatoms. The zero-order chi connectivity index (χ0) is 12.4. The first kappa shape index (κ1) is 11.6. The Hall–Kier alpha value is -1.88. The molecule has 0 amide bonds. The molecule has 1 aromatic carbocycles. The summed E-state index contributed by atoms with van der Waals surface area (Å²) in [5.41, 5.74) is 0.959. The van der Waals surface area contributed by atoms with Crippen molar-refractivity contribution in [2.45, 2.75) is 18.4 Å². The van der Waals surface area contributed by atoms with Crippen LogP contribution in [0.2, 0.25) is 0 Å². The van der Waals surface area contributed by atoms with Crippen molar-refractivity contribution in [1.29, 1.82) is 0 Å². The van der Waals surface area contributed by atoms with Crippen LogP contribution in [0.3, 0.4) is 0 Å².